The Balaban J connectivity index is 2.14. The van der Waals surface area contributed by atoms with Crippen LogP contribution in [0.25, 0.3) is 5.57 Å². The van der Waals surface area contributed by atoms with Gasteiger partial charge in [0.1, 0.15) is 0 Å². The zero-order valence-electron chi connectivity index (χ0n) is 8.29. The molecule has 0 aliphatic heterocycles. The molecule has 1 atom stereocenters. The summed E-state index contributed by atoms with van der Waals surface area (Å²) in [5.74, 6) is 0. The van der Waals surface area contributed by atoms with Gasteiger partial charge < -0.3 is 5.73 Å². The van der Waals surface area contributed by atoms with Crippen LogP contribution in [0.2, 0.25) is 0 Å². The fraction of sp³-hybridized carbons (Fsp3) is 0.385. The third-order valence-electron chi connectivity index (χ3n) is 3.46. The van der Waals surface area contributed by atoms with E-state index in [-0.39, 0.29) is 0 Å². The molecule has 0 aromatic heterocycles. The number of hydrogen-bond acceptors (Lipinski definition) is 1. The average molecular weight is 185 g/mol. The molecule has 0 radical (unpaired) electrons. The molecule has 72 valence electrons. The van der Waals surface area contributed by atoms with Crippen LogP contribution in [0.1, 0.15) is 30.4 Å². The van der Waals surface area contributed by atoms with Gasteiger partial charge in [0.05, 0.1) is 0 Å². The highest BCUT2D eigenvalue weighted by Crippen LogP contribution is 2.40. The van der Waals surface area contributed by atoms with E-state index >= 15 is 0 Å². The SMILES string of the molecule is NC1CCCC2=C1c1ccccc1C2. The fourth-order valence-electron chi connectivity index (χ4n) is 2.82. The van der Waals surface area contributed by atoms with Crippen LogP contribution < -0.4 is 5.73 Å². The fourth-order valence-corrected chi connectivity index (χ4v) is 2.82. The van der Waals surface area contributed by atoms with Crippen molar-refractivity contribution in [3.63, 3.8) is 0 Å². The van der Waals surface area contributed by atoms with E-state index in [0.29, 0.717) is 6.04 Å². The molecule has 1 nitrogen and oxygen atoms in total. The number of nitrogens with two attached hydrogens (primary N) is 1. The normalized spacial score (nSPS) is 24.8. The molecule has 1 unspecified atom stereocenters. The van der Waals surface area contributed by atoms with Gasteiger partial charge in [0.15, 0.2) is 0 Å². The molecular formula is C13H15N. The molecule has 0 heterocycles. The lowest BCUT2D eigenvalue weighted by Crippen LogP contribution is -2.24. The Morgan fingerprint density at radius 1 is 1.21 bits per heavy atom. The lowest BCUT2D eigenvalue weighted by molar-refractivity contribution is 0.640. The first-order chi connectivity index (χ1) is 6.86. The standard InChI is InChI=1S/C13H15N/c14-12-7-3-5-10-8-9-4-1-2-6-11(9)13(10)12/h1-2,4,6,12H,3,5,7-8,14H2. The zero-order valence-corrected chi connectivity index (χ0v) is 8.29. The maximum absolute atomic E-state index is 6.18. The topological polar surface area (TPSA) is 26.0 Å². The van der Waals surface area contributed by atoms with Gasteiger partial charge in [-0.2, -0.15) is 0 Å². The van der Waals surface area contributed by atoms with Crippen LogP contribution in [-0.4, -0.2) is 6.04 Å². The molecule has 0 amide bonds. The third-order valence-corrected chi connectivity index (χ3v) is 3.46. The molecule has 1 heteroatoms. The summed E-state index contributed by atoms with van der Waals surface area (Å²) in [4.78, 5) is 0. The van der Waals surface area contributed by atoms with Gasteiger partial charge in [-0.1, -0.05) is 29.8 Å². The van der Waals surface area contributed by atoms with E-state index in [0.717, 1.165) is 12.8 Å². The first-order valence-electron chi connectivity index (χ1n) is 5.42. The Kier molecular flexibility index (Phi) is 1.74. The van der Waals surface area contributed by atoms with Crippen LogP contribution in [0.4, 0.5) is 0 Å². The van der Waals surface area contributed by atoms with Crippen molar-refractivity contribution in [2.45, 2.75) is 31.7 Å². The molecule has 0 saturated heterocycles. The summed E-state index contributed by atoms with van der Waals surface area (Å²) in [6.07, 6.45) is 4.85. The molecule has 1 aromatic carbocycles. The number of hydrogen-bond donors (Lipinski definition) is 1. The molecule has 0 bridgehead atoms. The molecule has 2 aliphatic rings. The zero-order chi connectivity index (χ0) is 9.54. The summed E-state index contributed by atoms with van der Waals surface area (Å²) in [7, 11) is 0. The van der Waals surface area contributed by atoms with Gasteiger partial charge in [-0.3, -0.25) is 0 Å². The van der Waals surface area contributed by atoms with Crippen molar-refractivity contribution in [3.8, 4) is 0 Å². The summed E-state index contributed by atoms with van der Waals surface area (Å²) >= 11 is 0. The van der Waals surface area contributed by atoms with Crippen LogP contribution in [0, 0.1) is 0 Å². The van der Waals surface area contributed by atoms with Gasteiger partial charge >= 0.3 is 0 Å². The lowest BCUT2D eigenvalue weighted by atomic mass is 9.88. The van der Waals surface area contributed by atoms with Crippen molar-refractivity contribution in [2.24, 2.45) is 5.73 Å². The highest BCUT2D eigenvalue weighted by Gasteiger charge is 2.27. The maximum Gasteiger partial charge on any atom is 0.0300 e. The van der Waals surface area contributed by atoms with Crippen LogP contribution in [-0.2, 0) is 6.42 Å². The molecule has 2 aliphatic carbocycles. The average Bonchev–Trinajstić information content (AvgIpc) is 2.57. The number of fused-ring (bicyclic) bond motifs is 2. The minimum absolute atomic E-state index is 0.294. The highest BCUT2D eigenvalue weighted by molar-refractivity contribution is 5.79. The van der Waals surface area contributed by atoms with Gasteiger partial charge in [-0.05, 0) is 42.4 Å². The van der Waals surface area contributed by atoms with Crippen molar-refractivity contribution < 1.29 is 0 Å². The Morgan fingerprint density at radius 2 is 2.07 bits per heavy atom. The maximum atomic E-state index is 6.18. The van der Waals surface area contributed by atoms with Crippen molar-refractivity contribution in [1.29, 1.82) is 0 Å². The largest absolute Gasteiger partial charge is 0.324 e. The quantitative estimate of drug-likeness (QED) is 0.660. The molecule has 0 saturated carbocycles. The molecule has 1 aromatic rings. The molecule has 2 N–H and O–H groups in total. The van der Waals surface area contributed by atoms with E-state index in [1.807, 2.05) is 0 Å². The Labute approximate surface area is 84.6 Å². The Hall–Kier alpha value is -1.08. The van der Waals surface area contributed by atoms with Crippen molar-refractivity contribution >= 4 is 5.57 Å². The van der Waals surface area contributed by atoms with Crippen LogP contribution >= 0.6 is 0 Å². The van der Waals surface area contributed by atoms with E-state index in [4.69, 9.17) is 5.73 Å². The van der Waals surface area contributed by atoms with Crippen molar-refractivity contribution in [2.75, 3.05) is 0 Å². The summed E-state index contributed by atoms with van der Waals surface area (Å²) in [5.41, 5.74) is 12.2. The summed E-state index contributed by atoms with van der Waals surface area (Å²) in [5, 5.41) is 0. The monoisotopic (exact) mass is 185 g/mol. The predicted molar refractivity (Wildman–Crippen MR) is 58.9 cm³/mol. The summed E-state index contributed by atoms with van der Waals surface area (Å²) < 4.78 is 0. The second-order valence-electron chi connectivity index (χ2n) is 4.35. The Morgan fingerprint density at radius 3 is 3.00 bits per heavy atom. The van der Waals surface area contributed by atoms with Gasteiger partial charge in [-0.25, -0.2) is 0 Å². The van der Waals surface area contributed by atoms with Crippen LogP contribution in [0.3, 0.4) is 0 Å². The first-order valence-corrected chi connectivity index (χ1v) is 5.42. The number of rotatable bonds is 0. The minimum Gasteiger partial charge on any atom is -0.324 e. The first kappa shape index (κ1) is 8.25. The van der Waals surface area contributed by atoms with E-state index in [2.05, 4.69) is 24.3 Å². The molecule has 0 fully saturated rings. The molecule has 14 heavy (non-hydrogen) atoms. The number of allylic oxidation sites excluding steroid dienone is 1. The second kappa shape index (κ2) is 2.96. The molecule has 3 rings (SSSR count). The van der Waals surface area contributed by atoms with Crippen LogP contribution in [0.15, 0.2) is 29.8 Å². The molecule has 0 spiro atoms. The van der Waals surface area contributed by atoms with Gasteiger partial charge in [0.2, 0.25) is 0 Å². The van der Waals surface area contributed by atoms with Gasteiger partial charge in [0.25, 0.3) is 0 Å². The summed E-state index contributed by atoms with van der Waals surface area (Å²) in [6, 6.07) is 9.00. The smallest absolute Gasteiger partial charge is 0.0300 e. The van der Waals surface area contributed by atoms with E-state index in [9.17, 15) is 0 Å². The lowest BCUT2D eigenvalue weighted by Gasteiger charge is -2.21. The predicted octanol–water partition coefficient (Wildman–Crippen LogP) is 2.51. The van der Waals surface area contributed by atoms with E-state index < -0.39 is 0 Å². The number of benzene rings is 1. The Bertz CT molecular complexity index is 403. The van der Waals surface area contributed by atoms with Gasteiger partial charge in [-0.15, -0.1) is 0 Å². The van der Waals surface area contributed by atoms with Crippen molar-refractivity contribution in [1.82, 2.24) is 0 Å². The second-order valence-corrected chi connectivity index (χ2v) is 4.35. The van der Waals surface area contributed by atoms with E-state index in [1.165, 1.54) is 29.5 Å². The minimum atomic E-state index is 0.294. The van der Waals surface area contributed by atoms with E-state index in [1.54, 1.807) is 5.57 Å². The van der Waals surface area contributed by atoms with Crippen molar-refractivity contribution in [3.05, 3.63) is 41.0 Å². The highest BCUT2D eigenvalue weighted by atomic mass is 14.6. The summed E-state index contributed by atoms with van der Waals surface area (Å²) in [6.45, 7) is 0. The van der Waals surface area contributed by atoms with Gasteiger partial charge in [0, 0.05) is 6.04 Å². The third kappa shape index (κ3) is 1.05. The molecular weight excluding hydrogens is 170 g/mol. The van der Waals surface area contributed by atoms with Crippen LogP contribution in [0.5, 0.6) is 0 Å².